The summed E-state index contributed by atoms with van der Waals surface area (Å²) in [6.45, 7) is 14.9. The van der Waals surface area contributed by atoms with E-state index in [1.807, 2.05) is 0 Å². The van der Waals surface area contributed by atoms with E-state index in [-0.39, 0.29) is 17.5 Å². The average Bonchev–Trinajstić information content (AvgIpc) is 3.30. The molecular formula is C40H62O2. The maximum atomic E-state index is 13.8. The molecule has 0 heterocycles. The number of allylic oxidation sites excluding steroid dienone is 3. The zero-order valence-electron chi connectivity index (χ0n) is 28.0. The number of rotatable bonds is 7. The van der Waals surface area contributed by atoms with E-state index in [0.717, 1.165) is 85.4 Å². The molecule has 234 valence electrons. The SMILES string of the molecule is CC[C@H](C=C[C@@H](C)[C@H]1CC[C@H]2[C@@H]3CC=C4C[C@@H](OC(=O)C56CC7CC(CC(C7)C5)C6)CC[C@]4(C)[C@H]3CC[C@]12C)C(C)C. The van der Waals surface area contributed by atoms with Gasteiger partial charge in [0.2, 0.25) is 0 Å². The molecule has 7 fully saturated rings. The molecule has 0 N–H and O–H groups in total. The first-order chi connectivity index (χ1) is 20.0. The Morgan fingerprint density at radius 2 is 1.62 bits per heavy atom. The van der Waals surface area contributed by atoms with Gasteiger partial charge in [0.1, 0.15) is 6.10 Å². The summed E-state index contributed by atoms with van der Waals surface area (Å²) in [7, 11) is 0. The normalized spacial score (nSPS) is 48.9. The summed E-state index contributed by atoms with van der Waals surface area (Å²) in [5, 5.41) is 0. The summed E-state index contributed by atoms with van der Waals surface area (Å²) in [4.78, 5) is 13.8. The molecule has 2 heteroatoms. The van der Waals surface area contributed by atoms with Gasteiger partial charge in [-0.3, -0.25) is 4.79 Å². The molecule has 8 aliphatic rings. The van der Waals surface area contributed by atoms with Crippen molar-refractivity contribution >= 4 is 5.97 Å². The van der Waals surface area contributed by atoms with Crippen LogP contribution in [-0.4, -0.2) is 12.1 Å². The van der Waals surface area contributed by atoms with Crippen molar-refractivity contribution in [1.29, 1.82) is 0 Å². The summed E-state index contributed by atoms with van der Waals surface area (Å²) >= 11 is 0. The minimum Gasteiger partial charge on any atom is -0.462 e. The largest absolute Gasteiger partial charge is 0.462 e. The summed E-state index contributed by atoms with van der Waals surface area (Å²) in [5.41, 5.74) is 2.36. The highest BCUT2D eigenvalue weighted by Crippen LogP contribution is 2.67. The van der Waals surface area contributed by atoms with Gasteiger partial charge in [-0.1, -0.05) is 65.3 Å². The van der Waals surface area contributed by atoms with E-state index < -0.39 is 0 Å². The molecule has 8 rings (SSSR count). The fourth-order valence-corrected chi connectivity index (χ4v) is 13.6. The lowest BCUT2D eigenvalue weighted by molar-refractivity contribution is -0.179. The zero-order valence-corrected chi connectivity index (χ0v) is 28.0. The molecule has 0 aliphatic heterocycles. The number of carbonyl (C=O) groups excluding carboxylic acids is 1. The van der Waals surface area contributed by atoms with Crippen LogP contribution in [0.4, 0.5) is 0 Å². The Morgan fingerprint density at radius 1 is 0.929 bits per heavy atom. The van der Waals surface area contributed by atoms with E-state index >= 15 is 0 Å². The summed E-state index contributed by atoms with van der Waals surface area (Å²) in [6.07, 6.45) is 27.0. The van der Waals surface area contributed by atoms with Gasteiger partial charge in [-0.2, -0.15) is 0 Å². The summed E-state index contributed by atoms with van der Waals surface area (Å²) in [6, 6.07) is 0. The Morgan fingerprint density at radius 3 is 2.26 bits per heavy atom. The predicted octanol–water partition coefficient (Wildman–Crippen LogP) is 10.6. The van der Waals surface area contributed by atoms with Crippen LogP contribution in [0.5, 0.6) is 0 Å². The van der Waals surface area contributed by atoms with Gasteiger partial charge in [-0.25, -0.2) is 0 Å². The molecule has 0 spiro atoms. The van der Waals surface area contributed by atoms with Crippen molar-refractivity contribution in [2.24, 2.45) is 75.4 Å². The van der Waals surface area contributed by atoms with Crippen LogP contribution in [0.3, 0.4) is 0 Å². The smallest absolute Gasteiger partial charge is 0.312 e. The van der Waals surface area contributed by atoms with Crippen molar-refractivity contribution in [2.45, 2.75) is 144 Å². The van der Waals surface area contributed by atoms with E-state index in [1.54, 1.807) is 5.57 Å². The van der Waals surface area contributed by atoms with Crippen molar-refractivity contribution in [3.8, 4) is 0 Å². The van der Waals surface area contributed by atoms with Crippen molar-refractivity contribution in [3.05, 3.63) is 23.8 Å². The van der Waals surface area contributed by atoms with Gasteiger partial charge in [0.05, 0.1) is 5.41 Å². The molecule has 0 aromatic carbocycles. The molecule has 2 nitrogen and oxygen atoms in total. The molecule has 0 unspecified atom stereocenters. The summed E-state index contributed by atoms with van der Waals surface area (Å²) in [5.74, 6) is 8.15. The highest BCUT2D eigenvalue weighted by atomic mass is 16.5. The maximum Gasteiger partial charge on any atom is 0.312 e. The molecule has 8 aliphatic carbocycles. The lowest BCUT2D eigenvalue weighted by Crippen LogP contribution is -2.52. The third kappa shape index (κ3) is 4.73. The van der Waals surface area contributed by atoms with E-state index in [2.05, 4.69) is 59.8 Å². The minimum absolute atomic E-state index is 0.118. The maximum absolute atomic E-state index is 13.8. The van der Waals surface area contributed by atoms with Crippen LogP contribution in [0.15, 0.2) is 23.8 Å². The minimum atomic E-state index is -0.118. The molecule has 42 heavy (non-hydrogen) atoms. The second-order valence-electron chi connectivity index (χ2n) is 18.0. The average molecular weight is 575 g/mol. The molecule has 0 aromatic heterocycles. The first-order valence-electron chi connectivity index (χ1n) is 18.6. The van der Waals surface area contributed by atoms with Crippen LogP contribution in [-0.2, 0) is 9.53 Å². The van der Waals surface area contributed by atoms with E-state index in [4.69, 9.17) is 4.74 Å². The fraction of sp³-hybridized carbons (Fsp3) is 0.875. The quantitative estimate of drug-likeness (QED) is 0.223. The molecule has 7 saturated carbocycles. The number of hydrogen-bond donors (Lipinski definition) is 0. The van der Waals surface area contributed by atoms with Crippen molar-refractivity contribution in [1.82, 2.24) is 0 Å². The van der Waals surface area contributed by atoms with Gasteiger partial charge >= 0.3 is 5.97 Å². The Bertz CT molecular complexity index is 1060. The van der Waals surface area contributed by atoms with Gasteiger partial charge in [-0.15, -0.1) is 0 Å². The second kappa shape index (κ2) is 10.8. The van der Waals surface area contributed by atoms with Gasteiger partial charge in [-0.05, 0) is 160 Å². The summed E-state index contributed by atoms with van der Waals surface area (Å²) < 4.78 is 6.51. The van der Waals surface area contributed by atoms with Gasteiger partial charge in [0, 0.05) is 6.42 Å². The topological polar surface area (TPSA) is 26.3 Å². The van der Waals surface area contributed by atoms with Crippen molar-refractivity contribution in [2.75, 3.05) is 0 Å². The monoisotopic (exact) mass is 574 g/mol. The van der Waals surface area contributed by atoms with Crippen LogP contribution in [0.1, 0.15) is 138 Å². The highest BCUT2D eigenvalue weighted by molar-refractivity contribution is 5.77. The van der Waals surface area contributed by atoms with Crippen molar-refractivity contribution < 1.29 is 9.53 Å². The van der Waals surface area contributed by atoms with Gasteiger partial charge < -0.3 is 4.74 Å². The Balaban J connectivity index is 1.02. The Kier molecular flexibility index (Phi) is 7.62. The molecule has 9 atom stereocenters. The third-order valence-corrected chi connectivity index (χ3v) is 15.5. The fourth-order valence-electron chi connectivity index (χ4n) is 13.6. The number of ether oxygens (including phenoxy) is 1. The predicted molar refractivity (Wildman–Crippen MR) is 173 cm³/mol. The van der Waals surface area contributed by atoms with Gasteiger partial charge in [0.15, 0.2) is 0 Å². The number of esters is 1. The van der Waals surface area contributed by atoms with E-state index in [9.17, 15) is 4.79 Å². The first kappa shape index (κ1) is 29.6. The number of hydrogen-bond acceptors (Lipinski definition) is 2. The second-order valence-corrected chi connectivity index (χ2v) is 18.0. The third-order valence-electron chi connectivity index (χ3n) is 15.5. The molecule has 0 saturated heterocycles. The van der Waals surface area contributed by atoms with Crippen LogP contribution in [0, 0.1) is 75.4 Å². The number of fused-ring (bicyclic) bond motifs is 5. The lowest BCUT2D eigenvalue weighted by atomic mass is 9.47. The van der Waals surface area contributed by atoms with E-state index in [0.29, 0.717) is 16.7 Å². The standard InChI is InChI=1S/C40H62O2/c1-7-30(25(2)3)9-8-26(4)34-12-13-35-33-11-10-31-21-32(14-16-38(31,5)36(33)15-17-39(34,35)6)42-37(41)40-22-27-18-28(23-40)20-29(19-27)24-40/h8-10,25-30,32-36H,7,11-24H2,1-6H3/t26-,27?,28?,29?,30-,32+,33+,34-,35+,36+,38+,39-,40?/m1/s1. The van der Waals surface area contributed by atoms with Crippen molar-refractivity contribution in [3.63, 3.8) is 0 Å². The zero-order chi connectivity index (χ0) is 29.4. The molecular weight excluding hydrogens is 512 g/mol. The molecule has 0 amide bonds. The number of carbonyl (C=O) groups is 1. The van der Waals surface area contributed by atoms with Crippen LogP contribution >= 0.6 is 0 Å². The highest BCUT2D eigenvalue weighted by Gasteiger charge is 2.60. The molecule has 4 bridgehead atoms. The van der Waals surface area contributed by atoms with Gasteiger partial charge in [0.25, 0.3) is 0 Å². The van der Waals surface area contributed by atoms with Crippen LogP contribution in [0.2, 0.25) is 0 Å². The van der Waals surface area contributed by atoms with Crippen LogP contribution < -0.4 is 0 Å². The first-order valence-corrected chi connectivity index (χ1v) is 18.6. The lowest BCUT2D eigenvalue weighted by Gasteiger charge is -2.58. The van der Waals surface area contributed by atoms with E-state index in [1.165, 1.54) is 64.2 Å². The molecule has 0 radical (unpaired) electrons. The van der Waals surface area contributed by atoms with Crippen LogP contribution in [0.25, 0.3) is 0 Å². The Hall–Kier alpha value is -1.05. The molecule has 0 aromatic rings. The Labute approximate surface area is 258 Å².